The van der Waals surface area contributed by atoms with Gasteiger partial charge in [-0.25, -0.2) is 4.98 Å². The molecule has 29 heavy (non-hydrogen) atoms. The van der Waals surface area contributed by atoms with Crippen LogP contribution in [0.4, 0.5) is 5.13 Å². The van der Waals surface area contributed by atoms with Crippen molar-refractivity contribution in [3.8, 4) is 0 Å². The largest absolute Gasteiger partial charge is 0.379 e. The lowest BCUT2D eigenvalue weighted by Crippen LogP contribution is -2.43. The maximum atomic E-state index is 13.3. The van der Waals surface area contributed by atoms with E-state index in [-0.39, 0.29) is 5.91 Å². The molecular formula is C21H21Cl2N3O2S. The number of carbonyl (C=O) groups excluding carboxylic acids is 1. The smallest absolute Gasteiger partial charge is 0.260 e. The number of thiazole rings is 1. The summed E-state index contributed by atoms with van der Waals surface area (Å²) < 4.78 is 6.40. The Labute approximate surface area is 183 Å². The third-order valence-electron chi connectivity index (χ3n) is 4.95. The molecule has 0 atom stereocenters. The molecule has 0 bridgehead atoms. The molecule has 8 heteroatoms. The van der Waals surface area contributed by atoms with Crippen LogP contribution in [-0.2, 0) is 4.74 Å². The van der Waals surface area contributed by atoms with Crippen molar-refractivity contribution < 1.29 is 9.53 Å². The fourth-order valence-electron chi connectivity index (χ4n) is 3.36. The van der Waals surface area contributed by atoms with Gasteiger partial charge in [0.25, 0.3) is 5.91 Å². The third-order valence-corrected chi connectivity index (χ3v) is 6.45. The molecular weight excluding hydrogens is 429 g/mol. The SMILES string of the molecule is Cc1cc(Cl)cc2sc(N(CCN3CCOCC3)C(=O)c3ccc(Cl)cc3)nc12. The number of fused-ring (bicyclic) bond motifs is 1. The van der Waals surface area contributed by atoms with E-state index in [4.69, 9.17) is 32.9 Å². The Bertz CT molecular complexity index is 1020. The summed E-state index contributed by atoms with van der Waals surface area (Å²) in [5.74, 6) is -0.0854. The van der Waals surface area contributed by atoms with Crippen LogP contribution in [0.5, 0.6) is 0 Å². The Hall–Kier alpha value is -1.70. The Balaban J connectivity index is 1.66. The van der Waals surface area contributed by atoms with Gasteiger partial charge >= 0.3 is 0 Å². The third kappa shape index (κ3) is 4.73. The van der Waals surface area contributed by atoms with E-state index in [9.17, 15) is 4.79 Å². The van der Waals surface area contributed by atoms with Gasteiger partial charge in [0.2, 0.25) is 0 Å². The Morgan fingerprint density at radius 2 is 1.90 bits per heavy atom. The average Bonchev–Trinajstić information content (AvgIpc) is 3.13. The lowest BCUT2D eigenvalue weighted by molar-refractivity contribution is 0.0391. The van der Waals surface area contributed by atoms with Gasteiger partial charge in [-0.15, -0.1) is 0 Å². The zero-order valence-corrected chi connectivity index (χ0v) is 18.4. The Kier molecular flexibility index (Phi) is 6.37. The van der Waals surface area contributed by atoms with Crippen molar-refractivity contribution >= 4 is 55.8 Å². The molecule has 0 spiro atoms. The van der Waals surface area contributed by atoms with E-state index in [1.807, 2.05) is 19.1 Å². The number of benzene rings is 2. The molecule has 3 aromatic rings. The van der Waals surface area contributed by atoms with E-state index < -0.39 is 0 Å². The number of morpholine rings is 1. The van der Waals surface area contributed by atoms with E-state index in [2.05, 4.69) is 4.90 Å². The summed E-state index contributed by atoms with van der Waals surface area (Å²) in [5, 5.41) is 1.96. The maximum absolute atomic E-state index is 13.3. The molecule has 5 nitrogen and oxygen atoms in total. The first-order valence-electron chi connectivity index (χ1n) is 9.45. The van der Waals surface area contributed by atoms with Crippen molar-refractivity contribution in [1.82, 2.24) is 9.88 Å². The van der Waals surface area contributed by atoms with Crippen LogP contribution >= 0.6 is 34.5 Å². The Morgan fingerprint density at radius 1 is 1.17 bits per heavy atom. The maximum Gasteiger partial charge on any atom is 0.260 e. The van der Waals surface area contributed by atoms with Crippen molar-refractivity contribution in [2.75, 3.05) is 44.3 Å². The highest BCUT2D eigenvalue weighted by atomic mass is 35.5. The molecule has 2 aromatic carbocycles. The lowest BCUT2D eigenvalue weighted by Gasteiger charge is -2.29. The minimum absolute atomic E-state index is 0.0854. The van der Waals surface area contributed by atoms with Gasteiger partial charge in [-0.3, -0.25) is 14.6 Å². The van der Waals surface area contributed by atoms with Crippen LogP contribution in [0, 0.1) is 6.92 Å². The number of hydrogen-bond donors (Lipinski definition) is 0. The zero-order valence-electron chi connectivity index (χ0n) is 16.0. The highest BCUT2D eigenvalue weighted by molar-refractivity contribution is 7.22. The predicted molar refractivity (Wildman–Crippen MR) is 120 cm³/mol. The van der Waals surface area contributed by atoms with Crippen molar-refractivity contribution in [3.05, 3.63) is 57.6 Å². The summed E-state index contributed by atoms with van der Waals surface area (Å²) in [6.07, 6.45) is 0. The molecule has 1 amide bonds. The van der Waals surface area contributed by atoms with Crippen molar-refractivity contribution in [2.45, 2.75) is 6.92 Å². The fourth-order valence-corrected chi connectivity index (χ4v) is 4.93. The molecule has 1 aromatic heterocycles. The second kappa shape index (κ2) is 8.98. The highest BCUT2D eigenvalue weighted by Crippen LogP contribution is 2.33. The molecule has 1 aliphatic rings. The van der Waals surface area contributed by atoms with Crippen LogP contribution in [0.1, 0.15) is 15.9 Å². The summed E-state index contributed by atoms with van der Waals surface area (Å²) in [6.45, 7) is 6.49. The van der Waals surface area contributed by atoms with Crippen LogP contribution in [0.3, 0.4) is 0 Å². The van der Waals surface area contributed by atoms with Gasteiger partial charge in [0.1, 0.15) is 0 Å². The molecule has 1 fully saturated rings. The number of halogens is 2. The number of hydrogen-bond acceptors (Lipinski definition) is 5. The van der Waals surface area contributed by atoms with Gasteiger partial charge in [-0.1, -0.05) is 34.5 Å². The van der Waals surface area contributed by atoms with Crippen LogP contribution in [0.15, 0.2) is 36.4 Å². The quantitative estimate of drug-likeness (QED) is 0.555. The van der Waals surface area contributed by atoms with Crippen LogP contribution in [0.25, 0.3) is 10.2 Å². The number of anilines is 1. The average molecular weight is 450 g/mol. The highest BCUT2D eigenvalue weighted by Gasteiger charge is 2.23. The molecule has 2 heterocycles. The first-order chi connectivity index (χ1) is 14.0. The number of carbonyl (C=O) groups is 1. The summed E-state index contributed by atoms with van der Waals surface area (Å²) in [4.78, 5) is 22.2. The molecule has 1 aliphatic heterocycles. The minimum atomic E-state index is -0.0854. The molecule has 1 saturated heterocycles. The van der Waals surface area contributed by atoms with E-state index in [0.717, 1.165) is 48.6 Å². The summed E-state index contributed by atoms with van der Waals surface area (Å²) in [5.41, 5.74) is 2.47. The normalized spacial score (nSPS) is 15.0. The monoisotopic (exact) mass is 449 g/mol. The molecule has 4 rings (SSSR count). The number of aromatic nitrogens is 1. The lowest BCUT2D eigenvalue weighted by atomic mass is 10.2. The number of nitrogens with zero attached hydrogens (tertiary/aromatic N) is 3. The number of rotatable bonds is 5. The van der Waals surface area contributed by atoms with E-state index in [1.54, 1.807) is 29.2 Å². The number of amides is 1. The van der Waals surface area contributed by atoms with Crippen molar-refractivity contribution in [1.29, 1.82) is 0 Å². The molecule has 0 unspecified atom stereocenters. The second-order valence-corrected chi connectivity index (χ2v) is 8.87. The van der Waals surface area contributed by atoms with Gasteiger partial charge in [0.05, 0.1) is 23.4 Å². The minimum Gasteiger partial charge on any atom is -0.379 e. The summed E-state index contributed by atoms with van der Waals surface area (Å²) in [6, 6.07) is 10.8. The first kappa shape index (κ1) is 20.6. The van der Waals surface area contributed by atoms with Crippen LogP contribution in [0.2, 0.25) is 10.0 Å². The summed E-state index contributed by atoms with van der Waals surface area (Å²) >= 11 is 13.7. The fraction of sp³-hybridized carbons (Fsp3) is 0.333. The number of aryl methyl sites for hydroxylation is 1. The standard InChI is InChI=1S/C21H21Cl2N3O2S/c1-14-12-17(23)13-18-19(14)24-21(29-18)26(7-6-25-8-10-28-11-9-25)20(27)15-2-4-16(22)5-3-15/h2-5,12-13H,6-11H2,1H3. The predicted octanol–water partition coefficient (Wildman–Crippen LogP) is 4.89. The summed E-state index contributed by atoms with van der Waals surface area (Å²) in [7, 11) is 0. The Morgan fingerprint density at radius 3 is 2.62 bits per heavy atom. The van der Waals surface area contributed by atoms with Gasteiger partial charge in [0, 0.05) is 41.8 Å². The molecule has 152 valence electrons. The first-order valence-corrected chi connectivity index (χ1v) is 11.0. The van der Waals surface area contributed by atoms with E-state index in [0.29, 0.717) is 27.3 Å². The van der Waals surface area contributed by atoms with Gasteiger partial charge in [-0.05, 0) is 48.9 Å². The van der Waals surface area contributed by atoms with Gasteiger partial charge in [-0.2, -0.15) is 0 Å². The molecule has 0 saturated carbocycles. The van der Waals surface area contributed by atoms with Gasteiger partial charge in [0.15, 0.2) is 5.13 Å². The molecule has 0 N–H and O–H groups in total. The topological polar surface area (TPSA) is 45.7 Å². The van der Waals surface area contributed by atoms with Gasteiger partial charge < -0.3 is 4.74 Å². The van der Waals surface area contributed by atoms with Crippen molar-refractivity contribution in [3.63, 3.8) is 0 Å². The second-order valence-electron chi connectivity index (χ2n) is 6.98. The van der Waals surface area contributed by atoms with Crippen LogP contribution < -0.4 is 4.90 Å². The van der Waals surface area contributed by atoms with E-state index in [1.165, 1.54) is 11.3 Å². The van der Waals surface area contributed by atoms with Crippen molar-refractivity contribution in [2.24, 2.45) is 0 Å². The molecule has 0 aliphatic carbocycles. The molecule has 0 radical (unpaired) electrons. The van der Waals surface area contributed by atoms with E-state index >= 15 is 0 Å². The number of ether oxygens (including phenoxy) is 1. The van der Waals surface area contributed by atoms with Crippen LogP contribution in [-0.4, -0.2) is 55.2 Å². The zero-order chi connectivity index (χ0) is 20.4.